The molecular formula is C22H46O3. The first-order valence-electron chi connectivity index (χ1n) is 10.4. The van der Waals surface area contributed by atoms with Crippen LogP contribution in [0.3, 0.4) is 0 Å². The van der Waals surface area contributed by atoms with E-state index < -0.39 is 5.97 Å². The average Bonchev–Trinajstić information content (AvgIpc) is 2.55. The van der Waals surface area contributed by atoms with Crippen LogP contribution in [0.2, 0.25) is 0 Å². The second kappa shape index (κ2) is 25.4. The van der Waals surface area contributed by atoms with Gasteiger partial charge in [-0.3, -0.25) is 0 Å². The predicted molar refractivity (Wildman–Crippen MR) is 111 cm³/mol. The molecule has 0 fully saturated rings. The molecule has 0 aliphatic heterocycles. The van der Waals surface area contributed by atoms with Gasteiger partial charge in [0.1, 0.15) is 0 Å². The van der Waals surface area contributed by atoms with E-state index in [2.05, 4.69) is 20.4 Å². The summed E-state index contributed by atoms with van der Waals surface area (Å²) >= 11 is 0. The van der Waals surface area contributed by atoms with Crippen LogP contribution in [0.15, 0.2) is 12.2 Å². The summed E-state index contributed by atoms with van der Waals surface area (Å²) in [6.45, 7) is 9.19. The highest BCUT2D eigenvalue weighted by Crippen LogP contribution is 2.13. The fraction of sp³-hybridized carbons (Fsp3) is 0.864. The summed E-state index contributed by atoms with van der Waals surface area (Å²) in [5.74, 6) is -0.935. The maximum atomic E-state index is 9.60. The summed E-state index contributed by atoms with van der Waals surface area (Å²) in [5.41, 5.74) is 0.176. The maximum absolute atomic E-state index is 9.60. The Balaban J connectivity index is -0.000000592. The second-order valence-corrected chi connectivity index (χ2v) is 7.04. The van der Waals surface area contributed by atoms with Crippen molar-refractivity contribution in [2.24, 2.45) is 0 Å². The van der Waals surface area contributed by atoms with Crippen LogP contribution in [0.5, 0.6) is 0 Å². The van der Waals surface area contributed by atoms with Crippen LogP contribution < -0.4 is 0 Å². The lowest BCUT2D eigenvalue weighted by atomic mass is 10.0. The second-order valence-electron chi connectivity index (χ2n) is 7.04. The Labute approximate surface area is 157 Å². The zero-order chi connectivity index (χ0) is 18.5. The quantitative estimate of drug-likeness (QED) is 0.236. The van der Waals surface area contributed by atoms with Crippen molar-refractivity contribution in [2.45, 2.75) is 124 Å². The number of rotatable bonds is 16. The number of carbonyl (C=O) groups is 1. The van der Waals surface area contributed by atoms with E-state index in [1.54, 1.807) is 0 Å². The highest BCUT2D eigenvalue weighted by atomic mass is 16.4. The van der Waals surface area contributed by atoms with Crippen molar-refractivity contribution in [1.82, 2.24) is 0 Å². The first-order chi connectivity index (χ1) is 11.6. The molecule has 0 bridgehead atoms. The Bertz CT molecular complexity index is 246. The minimum Gasteiger partial charge on any atom is -0.478 e. The topological polar surface area (TPSA) is 68.8 Å². The molecule has 0 aliphatic rings. The SMILES string of the molecule is C=C(C)C(=O)O.CCCCCCCCCCCCCCCCCC.O. The average molecular weight is 359 g/mol. The van der Waals surface area contributed by atoms with Gasteiger partial charge in [-0.1, -0.05) is 123 Å². The highest BCUT2D eigenvalue weighted by molar-refractivity contribution is 5.84. The molecule has 0 atom stereocenters. The van der Waals surface area contributed by atoms with Gasteiger partial charge in [-0.2, -0.15) is 0 Å². The van der Waals surface area contributed by atoms with Gasteiger partial charge in [-0.25, -0.2) is 4.79 Å². The van der Waals surface area contributed by atoms with Crippen LogP contribution in [0.1, 0.15) is 124 Å². The molecule has 3 heteroatoms. The number of carboxylic acid groups (broad SMARTS) is 1. The van der Waals surface area contributed by atoms with Gasteiger partial charge >= 0.3 is 5.97 Å². The number of hydrogen-bond acceptors (Lipinski definition) is 1. The predicted octanol–water partition coefficient (Wildman–Crippen LogP) is 7.09. The Morgan fingerprint density at radius 2 is 0.800 bits per heavy atom. The highest BCUT2D eigenvalue weighted by Gasteiger charge is 1.93. The first kappa shape index (κ1) is 29.0. The van der Waals surface area contributed by atoms with Gasteiger partial charge in [0, 0.05) is 5.57 Å². The van der Waals surface area contributed by atoms with Crippen LogP contribution in [0.4, 0.5) is 0 Å². The molecule has 0 aromatic rings. The summed E-state index contributed by atoms with van der Waals surface area (Å²) in [7, 11) is 0. The van der Waals surface area contributed by atoms with Gasteiger partial charge in [0.05, 0.1) is 0 Å². The van der Waals surface area contributed by atoms with E-state index in [0.29, 0.717) is 0 Å². The molecular weight excluding hydrogens is 312 g/mol. The lowest BCUT2D eigenvalue weighted by Crippen LogP contribution is -1.92. The third-order valence-electron chi connectivity index (χ3n) is 4.32. The molecule has 0 saturated carbocycles. The summed E-state index contributed by atoms with van der Waals surface area (Å²) in [6.07, 6.45) is 23.4. The lowest BCUT2D eigenvalue weighted by molar-refractivity contribution is -0.132. The van der Waals surface area contributed by atoms with Gasteiger partial charge < -0.3 is 10.6 Å². The monoisotopic (exact) mass is 358 g/mol. The van der Waals surface area contributed by atoms with Crippen molar-refractivity contribution in [3.8, 4) is 0 Å². The molecule has 0 aliphatic carbocycles. The van der Waals surface area contributed by atoms with E-state index in [1.807, 2.05) is 0 Å². The molecule has 0 heterocycles. The smallest absolute Gasteiger partial charge is 0.330 e. The molecule has 3 nitrogen and oxygen atoms in total. The molecule has 0 aromatic carbocycles. The molecule has 0 amide bonds. The number of unbranched alkanes of at least 4 members (excludes halogenated alkanes) is 15. The summed E-state index contributed by atoms with van der Waals surface area (Å²) in [6, 6.07) is 0. The largest absolute Gasteiger partial charge is 0.478 e. The molecule has 0 unspecified atom stereocenters. The Hall–Kier alpha value is -0.830. The van der Waals surface area contributed by atoms with Crippen LogP contribution in [0.25, 0.3) is 0 Å². The normalized spacial score (nSPS) is 9.72. The van der Waals surface area contributed by atoms with E-state index in [0.717, 1.165) is 0 Å². The van der Waals surface area contributed by atoms with Crippen molar-refractivity contribution in [3.05, 3.63) is 12.2 Å². The van der Waals surface area contributed by atoms with Crippen LogP contribution in [0, 0.1) is 0 Å². The molecule has 0 rings (SSSR count). The van der Waals surface area contributed by atoms with Gasteiger partial charge in [-0.15, -0.1) is 0 Å². The Morgan fingerprint density at radius 1 is 0.640 bits per heavy atom. The van der Waals surface area contributed by atoms with Crippen molar-refractivity contribution in [3.63, 3.8) is 0 Å². The zero-order valence-corrected chi connectivity index (χ0v) is 17.4. The maximum Gasteiger partial charge on any atom is 0.330 e. The number of aliphatic carboxylic acids is 1. The fourth-order valence-corrected chi connectivity index (χ4v) is 2.62. The number of carboxylic acids is 1. The Morgan fingerprint density at radius 3 is 0.920 bits per heavy atom. The van der Waals surface area contributed by atoms with E-state index >= 15 is 0 Å². The van der Waals surface area contributed by atoms with Crippen molar-refractivity contribution >= 4 is 5.97 Å². The fourth-order valence-electron chi connectivity index (χ4n) is 2.62. The zero-order valence-electron chi connectivity index (χ0n) is 17.4. The van der Waals surface area contributed by atoms with Gasteiger partial charge in [0.25, 0.3) is 0 Å². The standard InChI is InChI=1S/C18H38.C4H6O2.H2O/c1-3-5-7-9-11-13-15-17-18-16-14-12-10-8-6-4-2;1-3(2)4(5)6;/h3-18H2,1-2H3;1H2,2H3,(H,5,6);1H2. The van der Waals surface area contributed by atoms with Crippen LogP contribution in [-0.2, 0) is 4.79 Å². The first-order valence-corrected chi connectivity index (χ1v) is 10.4. The van der Waals surface area contributed by atoms with E-state index in [-0.39, 0.29) is 11.0 Å². The molecule has 0 radical (unpaired) electrons. The van der Waals surface area contributed by atoms with E-state index in [4.69, 9.17) is 5.11 Å². The van der Waals surface area contributed by atoms with Crippen molar-refractivity contribution in [1.29, 1.82) is 0 Å². The van der Waals surface area contributed by atoms with E-state index in [1.165, 1.54) is 110 Å². The summed E-state index contributed by atoms with van der Waals surface area (Å²) in [5, 5.41) is 7.89. The van der Waals surface area contributed by atoms with Crippen LogP contribution >= 0.6 is 0 Å². The van der Waals surface area contributed by atoms with Gasteiger partial charge in [0.15, 0.2) is 0 Å². The molecule has 0 spiro atoms. The minimum atomic E-state index is -0.935. The Kier molecular flexibility index (Phi) is 29.4. The van der Waals surface area contributed by atoms with E-state index in [9.17, 15) is 4.79 Å². The third-order valence-corrected chi connectivity index (χ3v) is 4.32. The van der Waals surface area contributed by atoms with Gasteiger partial charge in [0.2, 0.25) is 0 Å². The van der Waals surface area contributed by atoms with Crippen molar-refractivity contribution in [2.75, 3.05) is 0 Å². The van der Waals surface area contributed by atoms with Crippen molar-refractivity contribution < 1.29 is 15.4 Å². The summed E-state index contributed by atoms with van der Waals surface area (Å²) in [4.78, 5) is 9.60. The molecule has 0 saturated heterocycles. The third kappa shape index (κ3) is 31.5. The van der Waals surface area contributed by atoms with Crippen LogP contribution in [-0.4, -0.2) is 16.6 Å². The molecule has 3 N–H and O–H groups in total. The molecule has 0 aromatic heterocycles. The minimum absolute atomic E-state index is 0. The molecule has 25 heavy (non-hydrogen) atoms. The number of hydrogen-bond donors (Lipinski definition) is 1. The lowest BCUT2D eigenvalue weighted by Gasteiger charge is -2.03. The molecule has 152 valence electrons. The summed E-state index contributed by atoms with van der Waals surface area (Å²) < 4.78 is 0. The van der Waals surface area contributed by atoms with Gasteiger partial charge in [-0.05, 0) is 6.92 Å².